The molecule has 0 saturated heterocycles. The van der Waals surface area contributed by atoms with Gasteiger partial charge in [-0.05, 0) is 99.8 Å². The number of carbonyl (C=O) groups excluding carboxylic acids is 1. The number of nitrogens with one attached hydrogen (secondary N) is 1. The van der Waals surface area contributed by atoms with Crippen molar-refractivity contribution in [2.24, 2.45) is 17.8 Å². The summed E-state index contributed by atoms with van der Waals surface area (Å²) in [5, 5.41) is 3.49. The van der Waals surface area contributed by atoms with Crippen LogP contribution in [-0.2, 0) is 0 Å². The number of amides is 1. The highest BCUT2D eigenvalue weighted by Crippen LogP contribution is 2.55. The van der Waals surface area contributed by atoms with E-state index in [1.165, 1.54) is 49.7 Å². The fraction of sp³-hybridized carbons (Fsp3) is 0.650. The molecule has 0 heterocycles. The lowest BCUT2D eigenvalue weighted by Crippen LogP contribution is -2.59. The van der Waals surface area contributed by atoms with Gasteiger partial charge < -0.3 is 5.32 Å². The predicted octanol–water partition coefficient (Wildman–Crippen LogP) is 4.31. The number of hydrogen-bond donors (Lipinski definition) is 1. The molecule has 0 aliphatic heterocycles. The first-order valence-corrected chi connectivity index (χ1v) is 8.84. The number of rotatable bonds is 2. The van der Waals surface area contributed by atoms with Gasteiger partial charge in [0.15, 0.2) is 0 Å². The lowest BCUT2D eigenvalue weighted by molar-refractivity contribution is -0.0167. The summed E-state index contributed by atoms with van der Waals surface area (Å²) in [6, 6.07) is 4.21. The Hall–Kier alpha value is -1.31. The Morgan fingerprint density at radius 3 is 1.95 bits per heavy atom. The summed E-state index contributed by atoms with van der Waals surface area (Å²) in [4.78, 5) is 12.9. The van der Waals surface area contributed by atoms with Crippen molar-refractivity contribution in [2.45, 2.75) is 64.8 Å². The van der Waals surface area contributed by atoms with Crippen LogP contribution < -0.4 is 5.32 Å². The molecule has 4 aliphatic carbocycles. The average Bonchev–Trinajstić information content (AvgIpc) is 2.40. The minimum Gasteiger partial charge on any atom is -0.347 e. The van der Waals surface area contributed by atoms with Crippen molar-refractivity contribution in [2.75, 3.05) is 0 Å². The molecule has 4 fully saturated rings. The Morgan fingerprint density at radius 1 is 0.909 bits per heavy atom. The van der Waals surface area contributed by atoms with Crippen LogP contribution in [0.3, 0.4) is 0 Å². The predicted molar refractivity (Wildman–Crippen MR) is 89.0 cm³/mol. The van der Waals surface area contributed by atoms with Crippen molar-refractivity contribution in [1.82, 2.24) is 5.32 Å². The number of carbonyl (C=O) groups is 1. The van der Waals surface area contributed by atoms with Crippen LogP contribution in [-0.4, -0.2) is 11.4 Å². The van der Waals surface area contributed by atoms with Gasteiger partial charge in [-0.25, -0.2) is 0 Å². The molecule has 5 rings (SSSR count). The molecule has 0 aromatic heterocycles. The Balaban J connectivity index is 1.59. The Morgan fingerprint density at radius 2 is 1.41 bits per heavy atom. The van der Waals surface area contributed by atoms with E-state index >= 15 is 0 Å². The molecule has 0 radical (unpaired) electrons. The molecule has 4 saturated carbocycles. The van der Waals surface area contributed by atoms with Gasteiger partial charge in [-0.1, -0.05) is 6.07 Å². The first kappa shape index (κ1) is 14.3. The molecular weight excluding hydrogens is 270 g/mol. The van der Waals surface area contributed by atoms with Crippen LogP contribution in [0, 0.1) is 38.5 Å². The van der Waals surface area contributed by atoms with E-state index < -0.39 is 0 Å². The van der Waals surface area contributed by atoms with E-state index in [0.29, 0.717) is 0 Å². The van der Waals surface area contributed by atoms with Crippen molar-refractivity contribution >= 4 is 5.91 Å². The van der Waals surface area contributed by atoms with Crippen LogP contribution in [0.25, 0.3) is 0 Å². The van der Waals surface area contributed by atoms with Gasteiger partial charge >= 0.3 is 0 Å². The zero-order valence-electron chi connectivity index (χ0n) is 14.0. The molecule has 1 aromatic rings. The lowest BCUT2D eigenvalue weighted by atomic mass is 9.53. The summed E-state index contributed by atoms with van der Waals surface area (Å²) >= 11 is 0. The van der Waals surface area contributed by atoms with E-state index in [0.717, 1.165) is 28.9 Å². The molecule has 1 amide bonds. The standard InChI is InChI=1S/C20H27NO/c1-12-4-14(3)18(5-13(12)2)19(22)21-20-9-15-6-16(10-20)8-17(7-15)11-20/h4-5,15-17H,6-11H2,1-3H3,(H,21,22). The first-order valence-electron chi connectivity index (χ1n) is 8.84. The van der Waals surface area contributed by atoms with E-state index in [1.54, 1.807) is 0 Å². The summed E-state index contributed by atoms with van der Waals surface area (Å²) in [6.45, 7) is 6.26. The molecule has 2 heteroatoms. The van der Waals surface area contributed by atoms with Crippen molar-refractivity contribution in [3.05, 3.63) is 34.4 Å². The third kappa shape index (κ3) is 2.28. The smallest absolute Gasteiger partial charge is 0.251 e. The highest BCUT2D eigenvalue weighted by Gasteiger charge is 2.51. The third-order valence-electron chi connectivity index (χ3n) is 6.50. The van der Waals surface area contributed by atoms with Crippen LogP contribution in [0.5, 0.6) is 0 Å². The topological polar surface area (TPSA) is 29.1 Å². The molecule has 2 nitrogen and oxygen atoms in total. The van der Waals surface area contributed by atoms with E-state index in [1.807, 2.05) is 0 Å². The van der Waals surface area contributed by atoms with Crippen LogP contribution in [0.2, 0.25) is 0 Å². The molecular formula is C20H27NO. The second-order valence-electron chi connectivity index (χ2n) is 8.40. The molecule has 4 aliphatic rings. The highest BCUT2D eigenvalue weighted by atomic mass is 16.1. The van der Waals surface area contributed by atoms with Crippen LogP contribution >= 0.6 is 0 Å². The summed E-state index contributed by atoms with van der Waals surface area (Å²) in [7, 11) is 0. The Labute approximate surface area is 133 Å². The molecule has 0 atom stereocenters. The monoisotopic (exact) mass is 297 g/mol. The zero-order chi connectivity index (χ0) is 15.5. The fourth-order valence-corrected chi connectivity index (χ4v) is 5.78. The van der Waals surface area contributed by atoms with E-state index in [9.17, 15) is 4.79 Å². The maximum Gasteiger partial charge on any atom is 0.251 e. The molecule has 1 N–H and O–H groups in total. The van der Waals surface area contributed by atoms with Gasteiger partial charge in [0.1, 0.15) is 0 Å². The summed E-state index contributed by atoms with van der Waals surface area (Å²) < 4.78 is 0. The van der Waals surface area contributed by atoms with E-state index in [4.69, 9.17) is 0 Å². The van der Waals surface area contributed by atoms with E-state index in [2.05, 4.69) is 38.2 Å². The fourth-order valence-electron chi connectivity index (χ4n) is 5.78. The van der Waals surface area contributed by atoms with Gasteiger partial charge in [0.25, 0.3) is 5.91 Å². The molecule has 22 heavy (non-hydrogen) atoms. The molecule has 0 unspecified atom stereocenters. The van der Waals surface area contributed by atoms with Gasteiger partial charge in [0, 0.05) is 11.1 Å². The molecule has 4 bridgehead atoms. The Kier molecular flexibility index (Phi) is 3.15. The van der Waals surface area contributed by atoms with Gasteiger partial charge in [-0.2, -0.15) is 0 Å². The minimum absolute atomic E-state index is 0.108. The van der Waals surface area contributed by atoms with E-state index in [-0.39, 0.29) is 11.4 Å². The van der Waals surface area contributed by atoms with Crippen LogP contribution in [0.15, 0.2) is 12.1 Å². The quantitative estimate of drug-likeness (QED) is 0.866. The van der Waals surface area contributed by atoms with Crippen LogP contribution in [0.4, 0.5) is 0 Å². The minimum atomic E-state index is 0.108. The molecule has 1 aromatic carbocycles. The Bertz CT molecular complexity index is 596. The van der Waals surface area contributed by atoms with Crippen molar-refractivity contribution in [3.63, 3.8) is 0 Å². The summed E-state index contributed by atoms with van der Waals surface area (Å²) in [5.41, 5.74) is 4.56. The van der Waals surface area contributed by atoms with Gasteiger partial charge in [-0.3, -0.25) is 4.79 Å². The highest BCUT2D eigenvalue weighted by molar-refractivity contribution is 5.96. The van der Waals surface area contributed by atoms with Crippen molar-refractivity contribution in [3.8, 4) is 0 Å². The molecule has 0 spiro atoms. The second kappa shape index (κ2) is 4.84. The summed E-state index contributed by atoms with van der Waals surface area (Å²) in [5.74, 6) is 2.76. The van der Waals surface area contributed by atoms with Crippen molar-refractivity contribution in [1.29, 1.82) is 0 Å². The normalized spacial score (nSPS) is 35.7. The first-order chi connectivity index (χ1) is 10.4. The molecule has 118 valence electrons. The zero-order valence-corrected chi connectivity index (χ0v) is 14.0. The van der Waals surface area contributed by atoms with Gasteiger partial charge in [0.2, 0.25) is 0 Å². The maximum absolute atomic E-state index is 12.9. The average molecular weight is 297 g/mol. The van der Waals surface area contributed by atoms with Gasteiger partial charge in [0.05, 0.1) is 0 Å². The van der Waals surface area contributed by atoms with Crippen LogP contribution in [0.1, 0.15) is 65.6 Å². The third-order valence-corrected chi connectivity index (χ3v) is 6.50. The number of hydrogen-bond acceptors (Lipinski definition) is 1. The largest absolute Gasteiger partial charge is 0.347 e. The lowest BCUT2D eigenvalue weighted by Gasteiger charge is -2.56. The summed E-state index contributed by atoms with van der Waals surface area (Å²) in [6.07, 6.45) is 7.89. The maximum atomic E-state index is 12.9. The SMILES string of the molecule is Cc1cc(C)c(C(=O)NC23CC4CC(CC(C4)C2)C3)cc1C. The van der Waals surface area contributed by atoms with Crippen molar-refractivity contribution < 1.29 is 4.79 Å². The van der Waals surface area contributed by atoms with Gasteiger partial charge in [-0.15, -0.1) is 0 Å². The number of benzene rings is 1. The second-order valence-corrected chi connectivity index (χ2v) is 8.40. The number of aryl methyl sites for hydroxylation is 3.